The lowest BCUT2D eigenvalue weighted by atomic mass is 9.99. The second-order valence-electron chi connectivity index (χ2n) is 8.14. The summed E-state index contributed by atoms with van der Waals surface area (Å²) in [7, 11) is -3.69. The lowest BCUT2D eigenvalue weighted by Crippen LogP contribution is -2.44. The molecular weight excluding hydrogens is 450 g/mol. The van der Waals surface area contributed by atoms with E-state index in [2.05, 4.69) is 19.2 Å². The summed E-state index contributed by atoms with van der Waals surface area (Å²) >= 11 is 1.36. The summed E-state index contributed by atoms with van der Waals surface area (Å²) in [6.07, 6.45) is 4.31. The van der Waals surface area contributed by atoms with Crippen LogP contribution in [0.2, 0.25) is 0 Å². The summed E-state index contributed by atoms with van der Waals surface area (Å²) in [5.41, 5.74) is 0.480. The fourth-order valence-electron chi connectivity index (χ4n) is 3.85. The van der Waals surface area contributed by atoms with Gasteiger partial charge in [0, 0.05) is 24.5 Å². The summed E-state index contributed by atoms with van der Waals surface area (Å²) in [6, 6.07) is 4.82. The summed E-state index contributed by atoms with van der Waals surface area (Å²) in [5.74, 6) is 0.220. The van der Waals surface area contributed by atoms with Crippen LogP contribution in [0.25, 0.3) is 0 Å². The van der Waals surface area contributed by atoms with Crippen molar-refractivity contribution < 1.29 is 22.7 Å². The van der Waals surface area contributed by atoms with E-state index in [0.29, 0.717) is 44.5 Å². The predicted octanol–water partition coefficient (Wildman–Crippen LogP) is 2.48. The molecule has 0 radical (unpaired) electrons. The molecule has 3 rings (SSSR count). The number of ether oxygens (including phenoxy) is 1. The minimum absolute atomic E-state index is 0.113. The van der Waals surface area contributed by atoms with Gasteiger partial charge in [0.2, 0.25) is 21.8 Å². The molecule has 1 fully saturated rings. The maximum absolute atomic E-state index is 13.1. The largest absolute Gasteiger partial charge is 0.379 e. The van der Waals surface area contributed by atoms with Crippen LogP contribution in [-0.4, -0.2) is 69.7 Å². The van der Waals surface area contributed by atoms with Crippen molar-refractivity contribution in [3.8, 4) is 0 Å². The molecule has 0 aliphatic carbocycles. The Hall–Kier alpha value is -1.62. The molecule has 1 aromatic rings. The Morgan fingerprint density at radius 3 is 2.69 bits per heavy atom. The molecule has 0 spiro atoms. The fraction of sp³-hybridized carbons (Fsp3) is 0.636. The van der Waals surface area contributed by atoms with Crippen molar-refractivity contribution in [2.24, 2.45) is 5.92 Å². The molecule has 1 unspecified atom stereocenters. The van der Waals surface area contributed by atoms with Crippen molar-refractivity contribution in [1.29, 1.82) is 0 Å². The highest BCUT2D eigenvalue weighted by atomic mass is 32.2. The topological polar surface area (TPSA) is 96.0 Å². The second kappa shape index (κ2) is 11.5. The molecule has 178 valence electrons. The van der Waals surface area contributed by atoms with E-state index in [4.69, 9.17) is 4.74 Å². The van der Waals surface area contributed by atoms with E-state index in [1.54, 1.807) is 12.1 Å². The number of unbranched alkanes of at least 4 members (excludes halogenated alkanes) is 1. The smallest absolute Gasteiger partial charge is 0.243 e. The Bertz CT molecular complexity index is 916. The van der Waals surface area contributed by atoms with Gasteiger partial charge in [-0.3, -0.25) is 9.59 Å². The molecule has 2 amide bonds. The highest BCUT2D eigenvalue weighted by molar-refractivity contribution is 8.00. The normalized spacial score (nSPS) is 18.3. The first-order chi connectivity index (χ1) is 15.4. The summed E-state index contributed by atoms with van der Waals surface area (Å²) in [5, 5.41) is 2.96. The molecule has 1 saturated heterocycles. The van der Waals surface area contributed by atoms with Gasteiger partial charge in [0.15, 0.2) is 0 Å². The third-order valence-corrected chi connectivity index (χ3v) is 8.86. The third-order valence-electron chi connectivity index (χ3n) is 5.91. The van der Waals surface area contributed by atoms with Crippen molar-refractivity contribution >= 4 is 39.3 Å². The second-order valence-corrected chi connectivity index (χ2v) is 11.1. The Morgan fingerprint density at radius 1 is 1.25 bits per heavy atom. The van der Waals surface area contributed by atoms with Gasteiger partial charge < -0.3 is 15.0 Å². The van der Waals surface area contributed by atoms with E-state index in [0.717, 1.165) is 30.6 Å². The number of amides is 2. The first-order valence-corrected chi connectivity index (χ1v) is 13.7. The van der Waals surface area contributed by atoms with Crippen LogP contribution in [0, 0.1) is 5.92 Å². The lowest BCUT2D eigenvalue weighted by molar-refractivity contribution is -0.123. The maximum atomic E-state index is 13.1. The number of hydrogen-bond donors (Lipinski definition) is 1. The number of nitrogens with zero attached hydrogens (tertiary/aromatic N) is 2. The molecule has 32 heavy (non-hydrogen) atoms. The molecule has 10 heteroatoms. The number of hydrogen-bond acceptors (Lipinski definition) is 6. The molecule has 0 saturated carbocycles. The highest BCUT2D eigenvalue weighted by Crippen LogP contribution is 2.37. The van der Waals surface area contributed by atoms with Crippen LogP contribution in [0.3, 0.4) is 0 Å². The van der Waals surface area contributed by atoms with Crippen LogP contribution in [0.5, 0.6) is 0 Å². The van der Waals surface area contributed by atoms with E-state index in [9.17, 15) is 18.0 Å². The number of thioether (sulfide) groups is 1. The fourth-order valence-corrected chi connectivity index (χ4v) is 6.20. The number of fused-ring (bicyclic) bond motifs is 1. The van der Waals surface area contributed by atoms with E-state index >= 15 is 0 Å². The number of sulfonamides is 1. The quantitative estimate of drug-likeness (QED) is 0.549. The monoisotopic (exact) mass is 483 g/mol. The van der Waals surface area contributed by atoms with Gasteiger partial charge in [0.25, 0.3) is 0 Å². The lowest BCUT2D eigenvalue weighted by Gasteiger charge is -2.30. The zero-order valence-corrected chi connectivity index (χ0v) is 20.5. The molecule has 2 aliphatic rings. The Morgan fingerprint density at radius 2 is 2.00 bits per heavy atom. The van der Waals surface area contributed by atoms with Crippen LogP contribution in [-0.2, 0) is 24.3 Å². The number of anilines is 1. The van der Waals surface area contributed by atoms with E-state index in [1.807, 2.05) is 0 Å². The van der Waals surface area contributed by atoms with Gasteiger partial charge in [-0.25, -0.2) is 8.42 Å². The molecule has 1 aromatic carbocycles. The molecular formula is C22H33N3O5S2. The van der Waals surface area contributed by atoms with Gasteiger partial charge in [-0.1, -0.05) is 33.1 Å². The van der Waals surface area contributed by atoms with Crippen LogP contribution >= 0.6 is 11.8 Å². The molecule has 8 nitrogen and oxygen atoms in total. The molecule has 1 atom stereocenters. The van der Waals surface area contributed by atoms with Crippen molar-refractivity contribution in [2.45, 2.75) is 49.3 Å². The standard InChI is InChI=1S/C22H33N3O5S2/c1-3-5-6-17(4-2)14-23-21(26)15-25-19-13-18(7-8-20(19)31-16-22(25)27)32(28,29)24-9-11-30-12-10-24/h7-8,13,17H,3-6,9-12,14-16H2,1-2H3,(H,23,26). The van der Waals surface area contributed by atoms with Crippen molar-refractivity contribution in [1.82, 2.24) is 9.62 Å². The van der Waals surface area contributed by atoms with Crippen LogP contribution in [0.4, 0.5) is 5.69 Å². The van der Waals surface area contributed by atoms with Crippen LogP contribution in [0.1, 0.15) is 39.5 Å². The Balaban J connectivity index is 1.74. The minimum Gasteiger partial charge on any atom is -0.379 e. The number of carbonyl (C=O) groups excluding carboxylic acids is 2. The first-order valence-electron chi connectivity index (χ1n) is 11.3. The Labute approximate surface area is 195 Å². The average molecular weight is 484 g/mol. The number of morpholine rings is 1. The van der Waals surface area contributed by atoms with E-state index in [-0.39, 0.29) is 29.0 Å². The van der Waals surface area contributed by atoms with Gasteiger partial charge in [0.05, 0.1) is 29.5 Å². The van der Waals surface area contributed by atoms with Gasteiger partial charge in [-0.15, -0.1) is 11.8 Å². The van der Waals surface area contributed by atoms with Crippen LogP contribution < -0.4 is 10.2 Å². The maximum Gasteiger partial charge on any atom is 0.243 e. The van der Waals surface area contributed by atoms with E-state index < -0.39 is 10.0 Å². The van der Waals surface area contributed by atoms with E-state index in [1.165, 1.54) is 27.0 Å². The Kier molecular flexibility index (Phi) is 8.98. The average Bonchev–Trinajstić information content (AvgIpc) is 2.81. The minimum atomic E-state index is -3.69. The number of nitrogens with one attached hydrogen (secondary N) is 1. The highest BCUT2D eigenvalue weighted by Gasteiger charge is 2.31. The van der Waals surface area contributed by atoms with Gasteiger partial charge in [-0.2, -0.15) is 4.31 Å². The molecule has 2 aliphatic heterocycles. The van der Waals surface area contributed by atoms with Crippen molar-refractivity contribution in [3.63, 3.8) is 0 Å². The molecule has 1 N–H and O–H groups in total. The molecule has 0 bridgehead atoms. The number of rotatable bonds is 10. The summed E-state index contributed by atoms with van der Waals surface area (Å²) < 4.78 is 32.8. The van der Waals surface area contributed by atoms with Gasteiger partial charge >= 0.3 is 0 Å². The first kappa shape index (κ1) is 25.0. The van der Waals surface area contributed by atoms with Crippen molar-refractivity contribution in [2.75, 3.05) is 50.0 Å². The van der Waals surface area contributed by atoms with Gasteiger partial charge in [0.1, 0.15) is 6.54 Å². The summed E-state index contributed by atoms with van der Waals surface area (Å²) in [4.78, 5) is 27.6. The third kappa shape index (κ3) is 6.03. The van der Waals surface area contributed by atoms with Crippen molar-refractivity contribution in [3.05, 3.63) is 18.2 Å². The zero-order valence-electron chi connectivity index (χ0n) is 18.8. The zero-order chi connectivity index (χ0) is 23.1. The number of carbonyl (C=O) groups is 2. The van der Waals surface area contributed by atoms with Crippen LogP contribution in [0.15, 0.2) is 28.0 Å². The SMILES string of the molecule is CCCCC(CC)CNC(=O)CN1C(=O)CSc2ccc(S(=O)(=O)N3CCOCC3)cc21. The summed E-state index contributed by atoms with van der Waals surface area (Å²) in [6.45, 7) is 6.07. The number of benzene rings is 1. The van der Waals surface area contributed by atoms with Gasteiger partial charge in [-0.05, 0) is 30.5 Å². The molecule has 0 aromatic heterocycles. The molecule has 2 heterocycles. The predicted molar refractivity (Wildman–Crippen MR) is 125 cm³/mol.